The summed E-state index contributed by atoms with van der Waals surface area (Å²) in [6, 6.07) is 0. The Morgan fingerprint density at radius 2 is 1.94 bits per heavy atom. The van der Waals surface area contributed by atoms with Gasteiger partial charge in [-0.05, 0) is 25.7 Å². The molecule has 0 spiro atoms. The van der Waals surface area contributed by atoms with Crippen molar-refractivity contribution in [2.24, 2.45) is 0 Å². The second-order valence-corrected chi connectivity index (χ2v) is 4.43. The molecule has 0 aromatic heterocycles. The summed E-state index contributed by atoms with van der Waals surface area (Å²) in [5, 5.41) is 0. The molecular formula is C13H24O3. The van der Waals surface area contributed by atoms with Gasteiger partial charge >= 0.3 is 5.97 Å². The molecule has 3 heteroatoms. The first kappa shape index (κ1) is 13.5. The van der Waals surface area contributed by atoms with Gasteiger partial charge < -0.3 is 9.47 Å². The number of unbranched alkanes of at least 4 members (excludes halogenated alkanes) is 2. The van der Waals surface area contributed by atoms with Gasteiger partial charge in [-0.25, -0.2) is 0 Å². The Morgan fingerprint density at radius 1 is 1.19 bits per heavy atom. The van der Waals surface area contributed by atoms with Crippen molar-refractivity contribution >= 4 is 5.97 Å². The molecule has 1 aliphatic rings. The van der Waals surface area contributed by atoms with E-state index >= 15 is 0 Å². The van der Waals surface area contributed by atoms with Gasteiger partial charge in [-0.15, -0.1) is 0 Å². The Kier molecular flexibility index (Phi) is 6.46. The van der Waals surface area contributed by atoms with Crippen molar-refractivity contribution in [1.82, 2.24) is 0 Å². The fourth-order valence-corrected chi connectivity index (χ4v) is 2.06. The van der Waals surface area contributed by atoms with Crippen molar-refractivity contribution < 1.29 is 14.3 Å². The Bertz CT molecular complexity index is 203. The average molecular weight is 228 g/mol. The molecule has 1 rings (SSSR count). The highest BCUT2D eigenvalue weighted by atomic mass is 16.6. The Morgan fingerprint density at radius 3 is 2.62 bits per heavy atom. The minimum atomic E-state index is -0.103. The molecule has 2 unspecified atom stereocenters. The number of esters is 1. The third kappa shape index (κ3) is 4.52. The largest absolute Gasteiger partial charge is 0.460 e. The number of carbonyl (C=O) groups excluding carboxylic acids is 1. The predicted octanol–water partition coefficient (Wildman–Crippen LogP) is 3.07. The first-order chi connectivity index (χ1) is 7.77. The topological polar surface area (TPSA) is 35.5 Å². The van der Waals surface area contributed by atoms with Gasteiger partial charge in [0, 0.05) is 13.0 Å². The molecule has 0 heterocycles. The molecule has 0 aliphatic heterocycles. The number of ether oxygens (including phenoxy) is 2. The monoisotopic (exact) mass is 228 g/mol. The highest BCUT2D eigenvalue weighted by molar-refractivity contribution is 5.69. The zero-order valence-electron chi connectivity index (χ0n) is 10.5. The van der Waals surface area contributed by atoms with E-state index in [1.165, 1.54) is 12.8 Å². The van der Waals surface area contributed by atoms with E-state index in [9.17, 15) is 4.79 Å². The first-order valence-electron chi connectivity index (χ1n) is 6.59. The van der Waals surface area contributed by atoms with E-state index in [4.69, 9.17) is 9.47 Å². The van der Waals surface area contributed by atoms with Crippen molar-refractivity contribution in [3.05, 3.63) is 0 Å². The van der Waals surface area contributed by atoms with Crippen LogP contribution in [0.4, 0.5) is 0 Å². The van der Waals surface area contributed by atoms with Crippen LogP contribution in [0.15, 0.2) is 0 Å². The lowest BCUT2D eigenvalue weighted by Gasteiger charge is -2.20. The summed E-state index contributed by atoms with van der Waals surface area (Å²) >= 11 is 0. The fraction of sp³-hybridized carbons (Fsp3) is 0.923. The standard InChI is InChI=1S/C13H24O3/c1-3-5-6-10-15-11-8-7-9-12(11)16-13(14)4-2/h11-12H,3-10H2,1-2H3. The van der Waals surface area contributed by atoms with E-state index in [2.05, 4.69) is 6.92 Å². The maximum Gasteiger partial charge on any atom is 0.305 e. The first-order valence-corrected chi connectivity index (χ1v) is 6.59. The van der Waals surface area contributed by atoms with Gasteiger partial charge in [0.25, 0.3) is 0 Å². The van der Waals surface area contributed by atoms with Crippen LogP contribution in [-0.4, -0.2) is 24.8 Å². The maximum atomic E-state index is 11.2. The Balaban J connectivity index is 2.20. The van der Waals surface area contributed by atoms with Crippen molar-refractivity contribution in [3.8, 4) is 0 Å². The van der Waals surface area contributed by atoms with E-state index < -0.39 is 0 Å². The van der Waals surface area contributed by atoms with Crippen LogP contribution in [0, 0.1) is 0 Å². The zero-order chi connectivity index (χ0) is 11.8. The van der Waals surface area contributed by atoms with E-state index in [0.29, 0.717) is 6.42 Å². The van der Waals surface area contributed by atoms with E-state index in [-0.39, 0.29) is 18.2 Å². The van der Waals surface area contributed by atoms with Gasteiger partial charge in [-0.1, -0.05) is 26.7 Å². The van der Waals surface area contributed by atoms with Gasteiger partial charge in [0.2, 0.25) is 0 Å². The summed E-state index contributed by atoms with van der Waals surface area (Å²) in [6.45, 7) is 4.81. The highest BCUT2D eigenvalue weighted by Crippen LogP contribution is 2.25. The highest BCUT2D eigenvalue weighted by Gasteiger charge is 2.30. The van der Waals surface area contributed by atoms with Gasteiger partial charge in [-0.3, -0.25) is 4.79 Å². The van der Waals surface area contributed by atoms with Crippen LogP contribution in [0.25, 0.3) is 0 Å². The number of carbonyl (C=O) groups is 1. The molecule has 0 saturated heterocycles. The summed E-state index contributed by atoms with van der Waals surface area (Å²) in [5.41, 5.74) is 0. The molecule has 0 bridgehead atoms. The van der Waals surface area contributed by atoms with Gasteiger partial charge in [-0.2, -0.15) is 0 Å². The van der Waals surface area contributed by atoms with Gasteiger partial charge in [0.05, 0.1) is 6.10 Å². The minimum Gasteiger partial charge on any atom is -0.460 e. The lowest BCUT2D eigenvalue weighted by Crippen LogP contribution is -2.28. The minimum absolute atomic E-state index is 0.00840. The summed E-state index contributed by atoms with van der Waals surface area (Å²) in [5.74, 6) is -0.103. The van der Waals surface area contributed by atoms with Crippen LogP contribution in [0.1, 0.15) is 58.8 Å². The summed E-state index contributed by atoms with van der Waals surface area (Å²) in [7, 11) is 0. The average Bonchev–Trinajstić information content (AvgIpc) is 2.72. The molecule has 16 heavy (non-hydrogen) atoms. The van der Waals surface area contributed by atoms with Crippen molar-refractivity contribution in [2.45, 2.75) is 71.0 Å². The summed E-state index contributed by atoms with van der Waals surface area (Å²) < 4.78 is 11.2. The molecular weight excluding hydrogens is 204 g/mol. The lowest BCUT2D eigenvalue weighted by molar-refractivity contribution is -0.155. The van der Waals surface area contributed by atoms with E-state index in [1.807, 2.05) is 6.92 Å². The molecule has 0 aromatic carbocycles. The lowest BCUT2D eigenvalue weighted by atomic mass is 10.2. The zero-order valence-corrected chi connectivity index (χ0v) is 10.5. The molecule has 0 amide bonds. The smallest absolute Gasteiger partial charge is 0.305 e. The molecule has 1 fully saturated rings. The molecule has 1 saturated carbocycles. The van der Waals surface area contributed by atoms with Gasteiger partial charge in [0.1, 0.15) is 6.10 Å². The van der Waals surface area contributed by atoms with E-state index in [0.717, 1.165) is 32.3 Å². The summed E-state index contributed by atoms with van der Waals surface area (Å²) in [6.07, 6.45) is 7.26. The van der Waals surface area contributed by atoms with Crippen LogP contribution >= 0.6 is 0 Å². The van der Waals surface area contributed by atoms with Crippen LogP contribution in [0.2, 0.25) is 0 Å². The molecule has 0 radical (unpaired) electrons. The van der Waals surface area contributed by atoms with Crippen LogP contribution in [-0.2, 0) is 14.3 Å². The van der Waals surface area contributed by atoms with Crippen molar-refractivity contribution in [1.29, 1.82) is 0 Å². The molecule has 94 valence electrons. The number of rotatable bonds is 7. The second kappa shape index (κ2) is 7.66. The quantitative estimate of drug-likeness (QED) is 0.496. The predicted molar refractivity (Wildman–Crippen MR) is 63.3 cm³/mol. The molecule has 3 nitrogen and oxygen atoms in total. The Labute approximate surface area is 98.5 Å². The van der Waals surface area contributed by atoms with Crippen molar-refractivity contribution in [2.75, 3.05) is 6.61 Å². The normalized spacial score (nSPS) is 24.6. The van der Waals surface area contributed by atoms with Gasteiger partial charge in [0.15, 0.2) is 0 Å². The molecule has 2 atom stereocenters. The maximum absolute atomic E-state index is 11.2. The third-order valence-corrected chi connectivity index (χ3v) is 3.04. The number of hydrogen-bond acceptors (Lipinski definition) is 3. The van der Waals surface area contributed by atoms with Crippen LogP contribution in [0.5, 0.6) is 0 Å². The summed E-state index contributed by atoms with van der Waals surface area (Å²) in [4.78, 5) is 11.2. The van der Waals surface area contributed by atoms with E-state index in [1.54, 1.807) is 0 Å². The molecule has 1 aliphatic carbocycles. The van der Waals surface area contributed by atoms with Crippen LogP contribution in [0.3, 0.4) is 0 Å². The molecule has 0 N–H and O–H groups in total. The van der Waals surface area contributed by atoms with Crippen LogP contribution < -0.4 is 0 Å². The number of hydrogen-bond donors (Lipinski definition) is 0. The second-order valence-electron chi connectivity index (χ2n) is 4.43. The molecule has 0 aromatic rings. The van der Waals surface area contributed by atoms with Crippen molar-refractivity contribution in [3.63, 3.8) is 0 Å². The fourth-order valence-electron chi connectivity index (χ4n) is 2.06. The third-order valence-electron chi connectivity index (χ3n) is 3.04. The SMILES string of the molecule is CCCCCOC1CCCC1OC(=O)CC. The Hall–Kier alpha value is -0.570.